The third kappa shape index (κ3) is 7.43. The van der Waals surface area contributed by atoms with E-state index in [1.807, 2.05) is 38.1 Å². The van der Waals surface area contributed by atoms with Crippen LogP contribution < -0.4 is 16.0 Å². The van der Waals surface area contributed by atoms with Crippen LogP contribution in [0.3, 0.4) is 0 Å². The van der Waals surface area contributed by atoms with Gasteiger partial charge in [0, 0.05) is 23.5 Å². The molecule has 0 aliphatic rings. The van der Waals surface area contributed by atoms with Crippen LogP contribution in [0.25, 0.3) is 0 Å². The molecule has 2 rings (SSSR count). The Bertz CT molecular complexity index is 767. The molecule has 1 amide bonds. The van der Waals surface area contributed by atoms with Crippen molar-refractivity contribution in [3.63, 3.8) is 0 Å². The van der Waals surface area contributed by atoms with Crippen LogP contribution in [0.15, 0.2) is 40.7 Å². The number of carbonyl (C=O) groups excluding carboxylic acids is 1. The van der Waals surface area contributed by atoms with E-state index in [2.05, 4.69) is 46.2 Å². The Kier molecular flexibility index (Phi) is 8.33. The molecule has 1 heterocycles. The topological polar surface area (TPSA) is 65.5 Å². The van der Waals surface area contributed by atoms with Crippen molar-refractivity contribution in [3.8, 4) is 0 Å². The predicted octanol–water partition coefficient (Wildman–Crippen LogP) is 4.30. The molecule has 27 heavy (non-hydrogen) atoms. The lowest BCUT2D eigenvalue weighted by molar-refractivity contribution is -0.116. The van der Waals surface area contributed by atoms with Crippen LogP contribution in [0.1, 0.15) is 43.2 Å². The van der Waals surface area contributed by atoms with Gasteiger partial charge in [-0.2, -0.15) is 0 Å². The van der Waals surface area contributed by atoms with Crippen molar-refractivity contribution in [3.05, 3.63) is 51.7 Å². The summed E-state index contributed by atoms with van der Waals surface area (Å²) >= 11 is 1.75. The Morgan fingerprint density at radius 1 is 1.22 bits per heavy atom. The highest BCUT2D eigenvalue weighted by atomic mass is 32.1. The zero-order valence-electron chi connectivity index (χ0n) is 16.6. The van der Waals surface area contributed by atoms with Crippen molar-refractivity contribution < 1.29 is 4.79 Å². The summed E-state index contributed by atoms with van der Waals surface area (Å²) in [4.78, 5) is 17.9. The molecule has 0 bridgehead atoms. The number of guanidine groups is 1. The van der Waals surface area contributed by atoms with E-state index in [0.29, 0.717) is 18.9 Å². The Morgan fingerprint density at radius 3 is 2.70 bits per heavy atom. The maximum atomic E-state index is 12.0. The van der Waals surface area contributed by atoms with E-state index in [1.165, 1.54) is 10.4 Å². The number of rotatable bonds is 8. The largest absolute Gasteiger partial charge is 0.357 e. The molecular weight excluding hydrogens is 356 g/mol. The van der Waals surface area contributed by atoms with Gasteiger partial charge in [-0.25, -0.2) is 4.99 Å². The molecule has 0 aliphatic heterocycles. The molecule has 0 saturated carbocycles. The number of aliphatic imine (C=N–C) groups is 1. The Labute approximate surface area is 166 Å². The van der Waals surface area contributed by atoms with Gasteiger partial charge in [0.25, 0.3) is 0 Å². The summed E-state index contributed by atoms with van der Waals surface area (Å²) in [6.45, 7) is 10.4. The van der Waals surface area contributed by atoms with E-state index in [9.17, 15) is 4.79 Å². The molecule has 6 heteroatoms. The zero-order valence-corrected chi connectivity index (χ0v) is 17.5. The Hall–Kier alpha value is -2.34. The molecule has 5 nitrogen and oxygen atoms in total. The van der Waals surface area contributed by atoms with Crippen LogP contribution >= 0.6 is 11.3 Å². The summed E-state index contributed by atoms with van der Waals surface area (Å²) in [6.07, 6.45) is 0.527. The lowest BCUT2D eigenvalue weighted by atomic mass is 10.1. The van der Waals surface area contributed by atoms with Crippen molar-refractivity contribution in [2.45, 2.75) is 47.2 Å². The molecule has 0 aliphatic carbocycles. The summed E-state index contributed by atoms with van der Waals surface area (Å²) in [5, 5.41) is 11.7. The van der Waals surface area contributed by atoms with Crippen LogP contribution in [0.2, 0.25) is 0 Å². The molecule has 2 aromatic rings. The number of aryl methyl sites for hydroxylation is 1. The third-order valence-corrected chi connectivity index (χ3v) is 4.98. The molecule has 0 unspecified atom stereocenters. The van der Waals surface area contributed by atoms with Gasteiger partial charge in [-0.1, -0.05) is 26.0 Å². The Morgan fingerprint density at radius 2 is 2.04 bits per heavy atom. The highest BCUT2D eigenvalue weighted by Gasteiger charge is 2.06. The van der Waals surface area contributed by atoms with Gasteiger partial charge in [-0.05, 0) is 54.5 Å². The number of thiophene rings is 1. The Balaban J connectivity index is 1.97. The molecular formula is C21H30N4OS. The first-order chi connectivity index (χ1) is 13.0. The first-order valence-corrected chi connectivity index (χ1v) is 10.3. The van der Waals surface area contributed by atoms with Crippen LogP contribution in [0, 0.1) is 12.8 Å². The predicted molar refractivity (Wildman–Crippen MR) is 115 cm³/mol. The van der Waals surface area contributed by atoms with Crippen molar-refractivity contribution in [2.24, 2.45) is 10.9 Å². The second-order valence-electron chi connectivity index (χ2n) is 6.92. The van der Waals surface area contributed by atoms with Gasteiger partial charge in [0.05, 0.1) is 13.1 Å². The minimum atomic E-state index is 0.0481. The maximum absolute atomic E-state index is 12.0. The molecule has 1 aromatic carbocycles. The van der Waals surface area contributed by atoms with E-state index in [4.69, 9.17) is 0 Å². The average molecular weight is 387 g/mol. The lowest BCUT2D eigenvalue weighted by Crippen LogP contribution is -2.36. The van der Waals surface area contributed by atoms with Crippen LogP contribution in [-0.4, -0.2) is 18.4 Å². The molecule has 0 spiro atoms. The van der Waals surface area contributed by atoms with Gasteiger partial charge < -0.3 is 16.0 Å². The number of nitrogens with zero attached hydrogens (tertiary/aromatic N) is 1. The average Bonchev–Trinajstić information content (AvgIpc) is 3.02. The maximum Gasteiger partial charge on any atom is 0.224 e. The van der Waals surface area contributed by atoms with E-state index in [1.54, 1.807) is 11.3 Å². The van der Waals surface area contributed by atoms with E-state index < -0.39 is 0 Å². The van der Waals surface area contributed by atoms with E-state index >= 15 is 0 Å². The van der Waals surface area contributed by atoms with Crippen molar-refractivity contribution in [2.75, 3.05) is 11.9 Å². The number of amides is 1. The molecule has 3 N–H and O–H groups in total. The standard InChI is InChI=1S/C21H30N4OS/c1-5-22-21(24-14-19-16(4)9-10-27-19)23-13-17-7-6-8-18(12-17)25-20(26)11-15(2)3/h6-10,12,15H,5,11,13-14H2,1-4H3,(H,25,26)(H2,22,23,24). The molecule has 1 aromatic heterocycles. The summed E-state index contributed by atoms with van der Waals surface area (Å²) in [6, 6.07) is 9.99. The SMILES string of the molecule is CCNC(=NCc1cccc(NC(=O)CC(C)C)c1)NCc1sccc1C. The fourth-order valence-electron chi connectivity index (χ4n) is 2.59. The molecule has 0 fully saturated rings. The highest BCUT2D eigenvalue weighted by molar-refractivity contribution is 7.10. The minimum absolute atomic E-state index is 0.0481. The molecule has 0 radical (unpaired) electrons. The first-order valence-electron chi connectivity index (χ1n) is 9.41. The molecule has 0 atom stereocenters. The second kappa shape index (κ2) is 10.7. The molecule has 0 saturated heterocycles. The highest BCUT2D eigenvalue weighted by Crippen LogP contribution is 2.15. The normalized spacial score (nSPS) is 11.5. The van der Waals surface area contributed by atoms with E-state index in [0.717, 1.165) is 30.3 Å². The number of hydrogen-bond acceptors (Lipinski definition) is 3. The van der Waals surface area contributed by atoms with Crippen molar-refractivity contribution in [1.29, 1.82) is 0 Å². The number of carbonyl (C=O) groups is 1. The van der Waals surface area contributed by atoms with Crippen molar-refractivity contribution >= 4 is 28.9 Å². The van der Waals surface area contributed by atoms with Gasteiger partial charge in [0.2, 0.25) is 5.91 Å². The summed E-state index contributed by atoms with van der Waals surface area (Å²) < 4.78 is 0. The lowest BCUT2D eigenvalue weighted by Gasteiger charge is -2.12. The quantitative estimate of drug-likeness (QED) is 0.468. The first kappa shape index (κ1) is 21.0. The van der Waals surface area contributed by atoms with E-state index in [-0.39, 0.29) is 5.91 Å². The van der Waals surface area contributed by atoms with Crippen LogP contribution in [0.5, 0.6) is 0 Å². The smallest absolute Gasteiger partial charge is 0.224 e. The molecule has 146 valence electrons. The van der Waals surface area contributed by atoms with Crippen molar-refractivity contribution in [1.82, 2.24) is 10.6 Å². The summed E-state index contributed by atoms with van der Waals surface area (Å²) in [5.41, 5.74) is 3.18. The number of anilines is 1. The third-order valence-electron chi connectivity index (χ3n) is 3.95. The number of benzene rings is 1. The second-order valence-corrected chi connectivity index (χ2v) is 7.92. The zero-order chi connectivity index (χ0) is 19.6. The van der Waals surface area contributed by atoms with Gasteiger partial charge in [0.1, 0.15) is 0 Å². The monoisotopic (exact) mass is 386 g/mol. The minimum Gasteiger partial charge on any atom is -0.357 e. The van der Waals surface area contributed by atoms with Gasteiger partial charge >= 0.3 is 0 Å². The fraction of sp³-hybridized carbons (Fsp3) is 0.429. The van der Waals surface area contributed by atoms with Gasteiger partial charge in [-0.15, -0.1) is 11.3 Å². The summed E-state index contributed by atoms with van der Waals surface area (Å²) in [5.74, 6) is 1.19. The van der Waals surface area contributed by atoms with Gasteiger partial charge in [-0.3, -0.25) is 4.79 Å². The van der Waals surface area contributed by atoms with Crippen LogP contribution in [0.4, 0.5) is 5.69 Å². The fourth-order valence-corrected chi connectivity index (χ4v) is 3.44. The number of nitrogens with one attached hydrogen (secondary N) is 3. The number of hydrogen-bond donors (Lipinski definition) is 3. The van der Waals surface area contributed by atoms with Crippen LogP contribution in [-0.2, 0) is 17.9 Å². The van der Waals surface area contributed by atoms with Gasteiger partial charge in [0.15, 0.2) is 5.96 Å². The summed E-state index contributed by atoms with van der Waals surface area (Å²) in [7, 11) is 0.